The fourth-order valence-electron chi connectivity index (χ4n) is 3.29. The normalized spacial score (nSPS) is 10.7. The van der Waals surface area contributed by atoms with Crippen LogP contribution in [0, 0.1) is 0 Å². The number of rotatable bonds is 8. The second-order valence-electron chi connectivity index (χ2n) is 7.18. The van der Waals surface area contributed by atoms with E-state index in [0.29, 0.717) is 24.5 Å². The van der Waals surface area contributed by atoms with E-state index >= 15 is 0 Å². The number of nitrogens with one attached hydrogen (secondary N) is 1. The van der Waals surface area contributed by atoms with Crippen molar-refractivity contribution in [3.05, 3.63) is 89.5 Å². The van der Waals surface area contributed by atoms with E-state index in [9.17, 15) is 9.59 Å². The zero-order valence-electron chi connectivity index (χ0n) is 17.7. The highest BCUT2D eigenvalue weighted by Crippen LogP contribution is 2.20. The average Bonchev–Trinajstić information content (AvgIpc) is 2.83. The molecule has 0 aliphatic heterocycles. The molecule has 1 N–H and O–H groups in total. The first-order chi connectivity index (χ1) is 15.6. The molecule has 0 spiro atoms. The highest BCUT2D eigenvalue weighted by molar-refractivity contribution is 5.84. The first kappa shape index (κ1) is 21.1. The van der Waals surface area contributed by atoms with E-state index in [2.05, 4.69) is 10.3 Å². The van der Waals surface area contributed by atoms with E-state index in [0.717, 1.165) is 22.1 Å². The molecular formula is C25H23N3O4. The molecule has 4 aromatic rings. The summed E-state index contributed by atoms with van der Waals surface area (Å²) in [6.45, 7) is 0.516. The standard InChI is InChI=1S/C25H23N3O4/c1-31-21-9-7-19(8-10-21)23-15-25(30)28(17-27-23)13-12-26-24(29)16-32-22-11-6-18-4-2-3-5-20(18)14-22/h2-11,14-15,17H,12-13,16H2,1H3,(H,26,29). The van der Waals surface area contributed by atoms with Gasteiger partial charge < -0.3 is 14.8 Å². The summed E-state index contributed by atoms with van der Waals surface area (Å²) in [5.41, 5.74) is 1.23. The second kappa shape index (κ2) is 9.78. The molecule has 0 saturated carbocycles. The van der Waals surface area contributed by atoms with Gasteiger partial charge in [0.1, 0.15) is 11.5 Å². The molecule has 7 heteroatoms. The Morgan fingerprint density at radius 2 is 1.72 bits per heavy atom. The Bertz CT molecular complexity index is 1280. The van der Waals surface area contributed by atoms with Gasteiger partial charge >= 0.3 is 0 Å². The monoisotopic (exact) mass is 429 g/mol. The molecule has 7 nitrogen and oxygen atoms in total. The number of methoxy groups -OCH3 is 1. The van der Waals surface area contributed by atoms with Crippen molar-refractivity contribution in [2.45, 2.75) is 6.54 Å². The fraction of sp³-hybridized carbons (Fsp3) is 0.160. The van der Waals surface area contributed by atoms with Crippen molar-refractivity contribution >= 4 is 16.7 Å². The Hall–Kier alpha value is -4.13. The van der Waals surface area contributed by atoms with E-state index in [1.54, 1.807) is 7.11 Å². The predicted octanol–water partition coefficient (Wildman–Crippen LogP) is 3.27. The van der Waals surface area contributed by atoms with Gasteiger partial charge in [-0.1, -0.05) is 30.3 Å². The van der Waals surface area contributed by atoms with Crippen LogP contribution in [0.4, 0.5) is 0 Å². The molecule has 0 aliphatic rings. The minimum absolute atomic E-state index is 0.0953. The summed E-state index contributed by atoms with van der Waals surface area (Å²) in [4.78, 5) is 28.8. The first-order valence-electron chi connectivity index (χ1n) is 10.2. The number of hydrogen-bond acceptors (Lipinski definition) is 5. The van der Waals surface area contributed by atoms with Crippen LogP contribution in [-0.2, 0) is 11.3 Å². The number of amides is 1. The summed E-state index contributed by atoms with van der Waals surface area (Å²) >= 11 is 0. The van der Waals surface area contributed by atoms with E-state index in [1.807, 2.05) is 66.7 Å². The molecule has 0 aliphatic carbocycles. The minimum Gasteiger partial charge on any atom is -0.497 e. The molecule has 0 unspecified atom stereocenters. The molecule has 1 aromatic heterocycles. The number of carbonyl (C=O) groups excluding carboxylic acids is 1. The van der Waals surface area contributed by atoms with Crippen LogP contribution >= 0.6 is 0 Å². The van der Waals surface area contributed by atoms with Crippen molar-refractivity contribution in [1.29, 1.82) is 0 Å². The van der Waals surface area contributed by atoms with Gasteiger partial charge in [0.2, 0.25) is 0 Å². The van der Waals surface area contributed by atoms with Crippen LogP contribution in [0.3, 0.4) is 0 Å². The van der Waals surface area contributed by atoms with Crippen LogP contribution in [0.25, 0.3) is 22.0 Å². The van der Waals surface area contributed by atoms with E-state index in [4.69, 9.17) is 9.47 Å². The molecule has 1 amide bonds. The number of fused-ring (bicyclic) bond motifs is 1. The molecule has 162 valence electrons. The van der Waals surface area contributed by atoms with Crippen LogP contribution in [0.1, 0.15) is 0 Å². The molecular weight excluding hydrogens is 406 g/mol. The van der Waals surface area contributed by atoms with Gasteiger partial charge in [0.25, 0.3) is 11.5 Å². The van der Waals surface area contributed by atoms with Crippen LogP contribution in [-0.4, -0.2) is 35.7 Å². The fourth-order valence-corrected chi connectivity index (χ4v) is 3.29. The van der Waals surface area contributed by atoms with Crippen molar-refractivity contribution < 1.29 is 14.3 Å². The Morgan fingerprint density at radius 3 is 2.47 bits per heavy atom. The molecule has 4 rings (SSSR count). The predicted molar refractivity (Wildman–Crippen MR) is 123 cm³/mol. The van der Waals surface area contributed by atoms with Gasteiger partial charge in [-0.05, 0) is 47.2 Å². The van der Waals surface area contributed by atoms with Crippen molar-refractivity contribution in [3.63, 3.8) is 0 Å². The van der Waals surface area contributed by atoms with Crippen molar-refractivity contribution in [2.24, 2.45) is 0 Å². The van der Waals surface area contributed by atoms with Crippen LogP contribution in [0.2, 0.25) is 0 Å². The molecule has 0 bridgehead atoms. The smallest absolute Gasteiger partial charge is 0.258 e. The van der Waals surface area contributed by atoms with E-state index in [1.165, 1.54) is 17.0 Å². The largest absolute Gasteiger partial charge is 0.497 e. The number of hydrogen-bond donors (Lipinski definition) is 1. The van der Waals surface area contributed by atoms with Gasteiger partial charge in [-0.2, -0.15) is 0 Å². The summed E-state index contributed by atoms with van der Waals surface area (Å²) in [5.74, 6) is 1.12. The third kappa shape index (κ3) is 5.13. The highest BCUT2D eigenvalue weighted by atomic mass is 16.5. The maximum absolute atomic E-state index is 12.4. The number of carbonyl (C=O) groups is 1. The Labute approximate surface area is 185 Å². The van der Waals surface area contributed by atoms with Gasteiger partial charge in [0, 0.05) is 24.7 Å². The summed E-state index contributed by atoms with van der Waals surface area (Å²) in [7, 11) is 1.60. The molecule has 32 heavy (non-hydrogen) atoms. The summed E-state index contributed by atoms with van der Waals surface area (Å²) < 4.78 is 12.2. The lowest BCUT2D eigenvalue weighted by atomic mass is 10.1. The number of nitrogens with zero attached hydrogens (tertiary/aromatic N) is 2. The molecule has 0 radical (unpaired) electrons. The van der Waals surface area contributed by atoms with Crippen molar-refractivity contribution in [3.8, 4) is 22.8 Å². The first-order valence-corrected chi connectivity index (χ1v) is 10.2. The van der Waals surface area contributed by atoms with E-state index < -0.39 is 0 Å². The Morgan fingerprint density at radius 1 is 0.969 bits per heavy atom. The molecule has 0 saturated heterocycles. The lowest BCUT2D eigenvalue weighted by molar-refractivity contribution is -0.123. The molecule has 0 atom stereocenters. The highest BCUT2D eigenvalue weighted by Gasteiger charge is 2.06. The van der Waals surface area contributed by atoms with Gasteiger partial charge in [-0.25, -0.2) is 4.98 Å². The summed E-state index contributed by atoms with van der Waals surface area (Å²) in [5, 5.41) is 4.92. The van der Waals surface area contributed by atoms with Crippen molar-refractivity contribution in [1.82, 2.24) is 14.9 Å². The third-order valence-corrected chi connectivity index (χ3v) is 5.03. The number of benzene rings is 3. The average molecular weight is 429 g/mol. The third-order valence-electron chi connectivity index (χ3n) is 5.03. The van der Waals surface area contributed by atoms with Gasteiger partial charge in [0.15, 0.2) is 6.61 Å². The topological polar surface area (TPSA) is 82.5 Å². The zero-order valence-corrected chi connectivity index (χ0v) is 17.7. The molecule has 0 fully saturated rings. The molecule has 3 aromatic carbocycles. The Balaban J connectivity index is 1.27. The van der Waals surface area contributed by atoms with Crippen LogP contribution < -0.4 is 20.3 Å². The zero-order chi connectivity index (χ0) is 22.3. The van der Waals surface area contributed by atoms with Gasteiger partial charge in [-0.15, -0.1) is 0 Å². The van der Waals surface area contributed by atoms with Crippen LogP contribution in [0.5, 0.6) is 11.5 Å². The SMILES string of the molecule is COc1ccc(-c2cc(=O)n(CCNC(=O)COc3ccc4ccccc4c3)cn2)cc1. The summed E-state index contributed by atoms with van der Waals surface area (Å²) in [6, 6.07) is 22.5. The van der Waals surface area contributed by atoms with Gasteiger partial charge in [0.05, 0.1) is 19.1 Å². The van der Waals surface area contributed by atoms with Crippen molar-refractivity contribution in [2.75, 3.05) is 20.3 Å². The van der Waals surface area contributed by atoms with Crippen LogP contribution in [0.15, 0.2) is 83.9 Å². The maximum Gasteiger partial charge on any atom is 0.258 e. The molecule has 1 heterocycles. The minimum atomic E-state index is -0.256. The maximum atomic E-state index is 12.4. The van der Waals surface area contributed by atoms with E-state index in [-0.39, 0.29) is 18.1 Å². The Kier molecular flexibility index (Phi) is 6.46. The lowest BCUT2D eigenvalue weighted by Gasteiger charge is -2.10. The van der Waals surface area contributed by atoms with Gasteiger partial charge in [-0.3, -0.25) is 14.2 Å². The lowest BCUT2D eigenvalue weighted by Crippen LogP contribution is -2.33. The second-order valence-corrected chi connectivity index (χ2v) is 7.18. The quantitative estimate of drug-likeness (QED) is 0.465. The number of aromatic nitrogens is 2. The summed E-state index contributed by atoms with van der Waals surface area (Å²) in [6.07, 6.45) is 1.49. The number of ether oxygens (including phenoxy) is 2.